The maximum atomic E-state index is 13.5. The third-order valence-electron chi connectivity index (χ3n) is 8.09. The molecule has 0 unspecified atom stereocenters. The Hall–Kier alpha value is -3.85. The highest BCUT2D eigenvalue weighted by Crippen LogP contribution is 2.42. The molecule has 1 amide bonds. The molecule has 2 aliphatic rings. The third kappa shape index (κ3) is 7.87. The summed E-state index contributed by atoms with van der Waals surface area (Å²) in [6.45, 7) is 3.04. The van der Waals surface area contributed by atoms with Crippen LogP contribution in [-0.4, -0.2) is 47.1 Å². The summed E-state index contributed by atoms with van der Waals surface area (Å²) in [6, 6.07) is 3.02. The van der Waals surface area contributed by atoms with E-state index in [-0.39, 0.29) is 17.7 Å². The zero-order chi connectivity index (χ0) is 33.5. The van der Waals surface area contributed by atoms with E-state index >= 15 is 0 Å². The van der Waals surface area contributed by atoms with E-state index in [0.29, 0.717) is 50.0 Å². The normalized spacial score (nSPS) is 22.7. The molecule has 1 N–H and O–H groups in total. The number of anilines is 1. The molecule has 7 nitrogen and oxygen atoms in total. The van der Waals surface area contributed by atoms with Gasteiger partial charge in [0.25, 0.3) is 0 Å². The monoisotopic (exact) mass is 656 g/mol. The molecule has 45 heavy (non-hydrogen) atoms. The fraction of sp³-hybridized carbons (Fsp3) is 0.517. The molecule has 1 saturated carbocycles. The Morgan fingerprint density at radius 1 is 0.956 bits per heavy atom. The van der Waals surface area contributed by atoms with Crippen LogP contribution >= 0.6 is 0 Å². The van der Waals surface area contributed by atoms with Crippen LogP contribution in [0.2, 0.25) is 0 Å². The highest BCUT2D eigenvalue weighted by molar-refractivity contribution is 5.72. The summed E-state index contributed by atoms with van der Waals surface area (Å²) in [4.78, 5) is 27.3. The van der Waals surface area contributed by atoms with E-state index in [1.165, 1.54) is 13.0 Å². The Morgan fingerprint density at radius 3 is 2.02 bits per heavy atom. The lowest BCUT2D eigenvalue weighted by molar-refractivity contribution is -0.274. The minimum atomic E-state index is -5.14. The van der Waals surface area contributed by atoms with Crippen molar-refractivity contribution in [3.63, 3.8) is 0 Å². The van der Waals surface area contributed by atoms with Crippen LogP contribution in [0, 0.1) is 5.92 Å². The van der Waals surface area contributed by atoms with E-state index in [9.17, 15) is 54.2 Å². The number of ether oxygens (including phenoxy) is 2. The lowest BCUT2D eigenvalue weighted by atomic mass is 9.85. The Balaban J connectivity index is 1.69. The van der Waals surface area contributed by atoms with Crippen molar-refractivity contribution >= 4 is 17.7 Å². The van der Waals surface area contributed by atoms with Gasteiger partial charge in [-0.25, -0.2) is 4.79 Å². The van der Waals surface area contributed by atoms with Gasteiger partial charge in [0.15, 0.2) is 0 Å². The van der Waals surface area contributed by atoms with E-state index in [1.54, 1.807) is 6.92 Å². The molecule has 2 atom stereocenters. The zero-order valence-electron chi connectivity index (χ0n) is 23.9. The second kappa shape index (κ2) is 12.5. The van der Waals surface area contributed by atoms with E-state index < -0.39 is 77.8 Å². The van der Waals surface area contributed by atoms with Crippen LogP contribution < -0.4 is 9.64 Å². The first kappa shape index (κ1) is 34.0. The molecule has 1 aliphatic heterocycles. The molecule has 4 rings (SSSR count). The Kier molecular flexibility index (Phi) is 9.46. The highest BCUT2D eigenvalue weighted by Gasteiger charge is 2.44. The van der Waals surface area contributed by atoms with Gasteiger partial charge in [-0.3, -0.25) is 9.69 Å². The van der Waals surface area contributed by atoms with Crippen molar-refractivity contribution in [2.24, 2.45) is 5.92 Å². The number of cyclic esters (lactones) is 1. The van der Waals surface area contributed by atoms with Crippen LogP contribution in [0.3, 0.4) is 0 Å². The summed E-state index contributed by atoms with van der Waals surface area (Å²) in [5.74, 6) is -2.07. The van der Waals surface area contributed by atoms with Crippen LogP contribution in [0.5, 0.6) is 5.75 Å². The van der Waals surface area contributed by atoms with E-state index in [1.807, 2.05) is 4.90 Å². The molecule has 2 aromatic carbocycles. The second-order valence-corrected chi connectivity index (χ2v) is 11.0. The van der Waals surface area contributed by atoms with Crippen LogP contribution in [0.15, 0.2) is 36.4 Å². The highest BCUT2D eigenvalue weighted by atomic mass is 19.4. The van der Waals surface area contributed by atoms with Gasteiger partial charge in [0.1, 0.15) is 11.9 Å². The number of carbonyl (C=O) groups excluding carboxylic acids is 1. The SMILES string of the molecule is CCN(c1ccc(OC(F)(F)F)cc1CN1C(=O)O[C@H](c2cc(C(F)(F)F)cc(C(F)(F)F)c2)[C@@H]1C)C1CCC(C(=O)O)CC1. The van der Waals surface area contributed by atoms with Crippen molar-refractivity contribution in [2.45, 2.75) is 83.0 Å². The number of amides is 1. The number of hydrogen-bond donors (Lipinski definition) is 1. The van der Waals surface area contributed by atoms with Gasteiger partial charge < -0.3 is 19.5 Å². The smallest absolute Gasteiger partial charge is 0.481 e. The minimum Gasteiger partial charge on any atom is -0.481 e. The number of nitrogens with zero attached hydrogens (tertiary/aromatic N) is 2. The Bertz CT molecular complexity index is 1370. The van der Waals surface area contributed by atoms with Crippen molar-refractivity contribution in [2.75, 3.05) is 11.4 Å². The lowest BCUT2D eigenvalue weighted by Crippen LogP contribution is -2.40. The fourth-order valence-corrected chi connectivity index (χ4v) is 5.91. The predicted octanol–water partition coefficient (Wildman–Crippen LogP) is 8.17. The molecular weight excluding hydrogens is 627 g/mol. The number of carbonyl (C=O) groups is 2. The molecule has 248 valence electrons. The number of rotatable bonds is 8. The molecule has 0 spiro atoms. The first-order valence-electron chi connectivity index (χ1n) is 13.9. The minimum absolute atomic E-state index is 0.0512. The molecule has 2 fully saturated rings. The first-order chi connectivity index (χ1) is 20.8. The lowest BCUT2D eigenvalue weighted by Gasteiger charge is -2.38. The largest absolute Gasteiger partial charge is 0.573 e. The first-order valence-corrected chi connectivity index (χ1v) is 13.9. The molecular formula is C29H29F9N2O5. The van der Waals surface area contributed by atoms with E-state index in [2.05, 4.69) is 4.74 Å². The van der Waals surface area contributed by atoms with Gasteiger partial charge in [0, 0.05) is 18.3 Å². The van der Waals surface area contributed by atoms with Crippen molar-refractivity contribution in [3.05, 3.63) is 58.7 Å². The topological polar surface area (TPSA) is 79.3 Å². The zero-order valence-corrected chi connectivity index (χ0v) is 23.9. The van der Waals surface area contributed by atoms with Gasteiger partial charge in [-0.15, -0.1) is 13.2 Å². The Labute approximate surface area is 251 Å². The van der Waals surface area contributed by atoms with Gasteiger partial charge >= 0.3 is 30.8 Å². The van der Waals surface area contributed by atoms with Crippen LogP contribution in [-0.2, 0) is 28.4 Å². The van der Waals surface area contributed by atoms with Gasteiger partial charge in [-0.2, -0.15) is 26.3 Å². The average Bonchev–Trinajstić information content (AvgIpc) is 3.21. The van der Waals surface area contributed by atoms with Crippen LogP contribution in [0.25, 0.3) is 0 Å². The van der Waals surface area contributed by atoms with Gasteiger partial charge in [-0.05, 0) is 87.1 Å². The van der Waals surface area contributed by atoms with Gasteiger partial charge in [0.05, 0.1) is 29.6 Å². The van der Waals surface area contributed by atoms with Crippen molar-refractivity contribution in [3.8, 4) is 5.75 Å². The summed E-state index contributed by atoms with van der Waals surface area (Å²) < 4.78 is 129. The predicted molar refractivity (Wildman–Crippen MR) is 140 cm³/mol. The molecule has 0 radical (unpaired) electrons. The third-order valence-corrected chi connectivity index (χ3v) is 8.09. The number of benzene rings is 2. The van der Waals surface area contributed by atoms with Crippen LogP contribution in [0.1, 0.15) is 67.9 Å². The quantitative estimate of drug-likeness (QED) is 0.289. The maximum Gasteiger partial charge on any atom is 0.573 e. The van der Waals surface area contributed by atoms with Crippen molar-refractivity contribution in [1.82, 2.24) is 4.90 Å². The van der Waals surface area contributed by atoms with E-state index in [0.717, 1.165) is 17.0 Å². The Morgan fingerprint density at radius 2 is 1.53 bits per heavy atom. The summed E-state index contributed by atoms with van der Waals surface area (Å²) in [7, 11) is 0. The molecule has 16 heteroatoms. The number of alkyl halides is 9. The molecule has 2 aromatic rings. The van der Waals surface area contributed by atoms with Gasteiger partial charge in [-0.1, -0.05) is 0 Å². The molecule has 1 heterocycles. The molecule has 0 aromatic heterocycles. The van der Waals surface area contributed by atoms with Crippen LogP contribution in [0.4, 0.5) is 50.0 Å². The maximum absolute atomic E-state index is 13.5. The second-order valence-electron chi connectivity index (χ2n) is 11.0. The molecule has 0 bridgehead atoms. The van der Waals surface area contributed by atoms with Crippen molar-refractivity contribution in [1.29, 1.82) is 0 Å². The average molecular weight is 657 g/mol. The number of aliphatic carboxylic acids is 1. The number of hydrogen-bond acceptors (Lipinski definition) is 5. The molecule has 1 aliphatic carbocycles. The number of carboxylic acids is 1. The number of halogens is 9. The number of carboxylic acid groups (broad SMARTS) is 1. The van der Waals surface area contributed by atoms with E-state index in [4.69, 9.17) is 4.74 Å². The summed E-state index contributed by atoms with van der Waals surface area (Å²) in [6.07, 6.45) is -16.3. The van der Waals surface area contributed by atoms with Gasteiger partial charge in [0.2, 0.25) is 0 Å². The summed E-state index contributed by atoms with van der Waals surface area (Å²) in [5, 5.41) is 9.35. The molecule has 1 saturated heterocycles. The van der Waals surface area contributed by atoms with Crippen molar-refractivity contribution < 1.29 is 63.7 Å². The standard InChI is InChI=1S/C29H29F9N2O5/c1-3-39(21-6-4-16(5-7-21)25(41)42)23-9-8-22(45-29(36,37)38)12-18(23)14-40-15(2)24(44-26(40)43)17-10-19(27(30,31)32)13-20(11-17)28(33,34)35/h8-13,15-16,21,24H,3-7,14H2,1-2H3,(H,41,42)/t15-,16?,21?,24-/m0/s1. The fourth-order valence-electron chi connectivity index (χ4n) is 5.91. The summed E-state index contributed by atoms with van der Waals surface area (Å²) in [5.41, 5.74) is -3.20. The summed E-state index contributed by atoms with van der Waals surface area (Å²) >= 11 is 0.